The second-order valence-electron chi connectivity index (χ2n) is 3.94. The highest BCUT2D eigenvalue weighted by Gasteiger charge is 2.09. The Labute approximate surface area is 106 Å². The summed E-state index contributed by atoms with van der Waals surface area (Å²) in [6, 6.07) is 3.48. The number of nitrogens with zero attached hydrogens (tertiary/aromatic N) is 1. The zero-order valence-electron chi connectivity index (χ0n) is 10.7. The predicted molar refractivity (Wildman–Crippen MR) is 68.2 cm³/mol. The zero-order valence-corrected chi connectivity index (χ0v) is 10.7. The van der Waals surface area contributed by atoms with Crippen LogP contribution in [0.15, 0.2) is 16.9 Å². The van der Waals surface area contributed by atoms with Crippen LogP contribution >= 0.6 is 0 Å². The molecule has 3 N–H and O–H groups in total. The molecule has 0 fully saturated rings. The van der Waals surface area contributed by atoms with Crippen LogP contribution in [0, 0.1) is 6.92 Å². The highest BCUT2D eigenvalue weighted by molar-refractivity contribution is 5.75. The summed E-state index contributed by atoms with van der Waals surface area (Å²) in [5.41, 5.74) is 6.50. The lowest BCUT2D eigenvalue weighted by Crippen LogP contribution is -2.36. The lowest BCUT2D eigenvalue weighted by Gasteiger charge is -2.11. The molecule has 1 aromatic rings. The minimum absolute atomic E-state index is 0.00220. The number of nitrogens with one attached hydrogen (secondary N) is 1. The van der Waals surface area contributed by atoms with Crippen molar-refractivity contribution in [2.45, 2.75) is 20.0 Å². The molecule has 1 amide bonds. The van der Waals surface area contributed by atoms with Gasteiger partial charge in [0.2, 0.25) is 5.91 Å². The molecule has 0 saturated carbocycles. The maximum absolute atomic E-state index is 12.0. The van der Waals surface area contributed by atoms with Crippen LogP contribution < -0.4 is 16.6 Å². The Bertz CT molecular complexity index is 468. The van der Waals surface area contributed by atoms with E-state index in [1.165, 1.54) is 4.57 Å². The van der Waals surface area contributed by atoms with Gasteiger partial charge in [-0.05, 0) is 13.0 Å². The second-order valence-corrected chi connectivity index (χ2v) is 3.94. The second kappa shape index (κ2) is 6.93. The summed E-state index contributed by atoms with van der Waals surface area (Å²) < 4.78 is 6.25. The number of hydrogen-bond acceptors (Lipinski definition) is 4. The number of methoxy groups -OCH3 is 1. The molecule has 18 heavy (non-hydrogen) atoms. The first-order valence-corrected chi connectivity index (χ1v) is 5.75. The Kier molecular flexibility index (Phi) is 5.54. The van der Waals surface area contributed by atoms with Gasteiger partial charge in [0, 0.05) is 31.5 Å². The smallest absolute Gasteiger partial charge is 0.255 e. The molecule has 1 aromatic heterocycles. The number of hydrogen-bond donors (Lipinski definition) is 2. The van der Waals surface area contributed by atoms with E-state index in [1.54, 1.807) is 26.2 Å². The average Bonchev–Trinajstić information content (AvgIpc) is 2.35. The molecule has 0 saturated heterocycles. The minimum Gasteiger partial charge on any atom is -0.383 e. The fourth-order valence-corrected chi connectivity index (χ4v) is 1.56. The first kappa shape index (κ1) is 14.4. The Morgan fingerprint density at radius 2 is 2.22 bits per heavy atom. The van der Waals surface area contributed by atoms with E-state index < -0.39 is 0 Å². The SMILES string of the molecule is COCCNC(=O)Cn1c(C)ccc(CN)c1=O. The van der Waals surface area contributed by atoms with Gasteiger partial charge in [0.25, 0.3) is 5.56 Å². The summed E-state index contributed by atoms with van der Waals surface area (Å²) >= 11 is 0. The van der Waals surface area contributed by atoms with Crippen molar-refractivity contribution in [2.24, 2.45) is 5.73 Å². The van der Waals surface area contributed by atoms with Crippen LogP contribution in [0.25, 0.3) is 0 Å². The van der Waals surface area contributed by atoms with Gasteiger partial charge in [-0.3, -0.25) is 9.59 Å². The van der Waals surface area contributed by atoms with Gasteiger partial charge in [-0.1, -0.05) is 6.07 Å². The van der Waals surface area contributed by atoms with E-state index in [-0.39, 0.29) is 24.6 Å². The van der Waals surface area contributed by atoms with Crippen molar-refractivity contribution < 1.29 is 9.53 Å². The number of nitrogens with two attached hydrogens (primary N) is 1. The normalized spacial score (nSPS) is 10.4. The number of aromatic nitrogens is 1. The van der Waals surface area contributed by atoms with Crippen molar-refractivity contribution in [3.8, 4) is 0 Å². The first-order chi connectivity index (χ1) is 8.60. The lowest BCUT2D eigenvalue weighted by molar-refractivity contribution is -0.121. The first-order valence-electron chi connectivity index (χ1n) is 5.75. The van der Waals surface area contributed by atoms with Crippen LogP contribution in [-0.4, -0.2) is 30.7 Å². The van der Waals surface area contributed by atoms with Crippen molar-refractivity contribution in [3.05, 3.63) is 33.7 Å². The van der Waals surface area contributed by atoms with Crippen molar-refractivity contribution in [3.63, 3.8) is 0 Å². The van der Waals surface area contributed by atoms with Gasteiger partial charge in [0.05, 0.1) is 6.61 Å². The highest BCUT2D eigenvalue weighted by Crippen LogP contribution is 1.97. The predicted octanol–water partition coefficient (Wildman–Crippen LogP) is -0.622. The van der Waals surface area contributed by atoms with E-state index in [1.807, 2.05) is 0 Å². The molecule has 1 heterocycles. The third kappa shape index (κ3) is 3.68. The fourth-order valence-electron chi connectivity index (χ4n) is 1.56. The lowest BCUT2D eigenvalue weighted by atomic mass is 10.2. The quantitative estimate of drug-likeness (QED) is 0.661. The summed E-state index contributed by atoms with van der Waals surface area (Å²) in [4.78, 5) is 23.6. The Morgan fingerprint density at radius 1 is 1.50 bits per heavy atom. The van der Waals surface area contributed by atoms with Crippen LogP contribution in [0.4, 0.5) is 0 Å². The van der Waals surface area contributed by atoms with Crippen molar-refractivity contribution in [1.29, 1.82) is 0 Å². The van der Waals surface area contributed by atoms with E-state index in [4.69, 9.17) is 10.5 Å². The Hall–Kier alpha value is -1.66. The summed E-state index contributed by atoms with van der Waals surface area (Å²) in [5.74, 6) is -0.216. The molecular weight excluding hydrogens is 234 g/mol. The summed E-state index contributed by atoms with van der Waals surface area (Å²) in [7, 11) is 1.56. The number of carbonyl (C=O) groups excluding carboxylic acids is 1. The molecule has 0 aliphatic heterocycles. The third-order valence-electron chi connectivity index (χ3n) is 2.62. The van der Waals surface area contributed by atoms with Gasteiger partial charge in [0.1, 0.15) is 6.54 Å². The van der Waals surface area contributed by atoms with Gasteiger partial charge in [0.15, 0.2) is 0 Å². The number of rotatable bonds is 6. The number of aryl methyl sites for hydroxylation is 1. The molecule has 0 radical (unpaired) electrons. The van der Waals surface area contributed by atoms with Crippen molar-refractivity contribution in [1.82, 2.24) is 9.88 Å². The standard InChI is InChI=1S/C12H19N3O3/c1-9-3-4-10(7-13)12(17)15(9)8-11(16)14-5-6-18-2/h3-4H,5-8,13H2,1-2H3,(H,14,16). The molecule has 0 unspecified atom stereocenters. The molecule has 6 nitrogen and oxygen atoms in total. The molecule has 0 aromatic carbocycles. The largest absolute Gasteiger partial charge is 0.383 e. The Balaban J connectivity index is 2.78. The van der Waals surface area contributed by atoms with Gasteiger partial charge in [-0.15, -0.1) is 0 Å². The Morgan fingerprint density at radius 3 is 2.83 bits per heavy atom. The third-order valence-corrected chi connectivity index (χ3v) is 2.62. The molecule has 100 valence electrons. The molecule has 6 heteroatoms. The monoisotopic (exact) mass is 253 g/mol. The zero-order chi connectivity index (χ0) is 13.5. The van der Waals surface area contributed by atoms with Gasteiger partial charge in [-0.25, -0.2) is 0 Å². The number of carbonyl (C=O) groups is 1. The van der Waals surface area contributed by atoms with E-state index in [0.717, 1.165) is 5.69 Å². The van der Waals surface area contributed by atoms with Crippen molar-refractivity contribution >= 4 is 5.91 Å². The van der Waals surface area contributed by atoms with Gasteiger partial charge in [-0.2, -0.15) is 0 Å². The molecule has 0 atom stereocenters. The molecule has 0 aliphatic rings. The average molecular weight is 253 g/mol. The van der Waals surface area contributed by atoms with Crippen LogP contribution in [0.1, 0.15) is 11.3 Å². The summed E-state index contributed by atoms with van der Waals surface area (Å²) in [6.45, 7) is 2.83. The molecule has 1 rings (SSSR count). The molecular formula is C12H19N3O3. The summed E-state index contributed by atoms with van der Waals surface area (Å²) in [6.07, 6.45) is 0. The fraction of sp³-hybridized carbons (Fsp3) is 0.500. The van der Waals surface area contributed by atoms with Gasteiger partial charge >= 0.3 is 0 Å². The van der Waals surface area contributed by atoms with E-state index in [0.29, 0.717) is 18.7 Å². The van der Waals surface area contributed by atoms with Crippen LogP contribution in [-0.2, 0) is 22.6 Å². The molecule has 0 bridgehead atoms. The number of pyridine rings is 1. The molecule has 0 aliphatic carbocycles. The minimum atomic E-state index is -0.216. The van der Waals surface area contributed by atoms with E-state index in [2.05, 4.69) is 5.32 Å². The van der Waals surface area contributed by atoms with E-state index >= 15 is 0 Å². The maximum Gasteiger partial charge on any atom is 0.255 e. The highest BCUT2D eigenvalue weighted by atomic mass is 16.5. The van der Waals surface area contributed by atoms with Crippen LogP contribution in [0.3, 0.4) is 0 Å². The van der Waals surface area contributed by atoms with E-state index in [9.17, 15) is 9.59 Å². The van der Waals surface area contributed by atoms with Gasteiger partial charge < -0.3 is 20.4 Å². The van der Waals surface area contributed by atoms with Crippen molar-refractivity contribution in [2.75, 3.05) is 20.3 Å². The van der Waals surface area contributed by atoms with Crippen LogP contribution in [0.5, 0.6) is 0 Å². The summed E-state index contributed by atoms with van der Waals surface area (Å²) in [5, 5.41) is 2.67. The maximum atomic E-state index is 12.0. The number of amides is 1. The molecule has 0 spiro atoms. The topological polar surface area (TPSA) is 86.3 Å². The van der Waals surface area contributed by atoms with Crippen LogP contribution in [0.2, 0.25) is 0 Å². The number of ether oxygens (including phenoxy) is 1.